The van der Waals surface area contributed by atoms with Gasteiger partial charge in [-0.25, -0.2) is 0 Å². The Morgan fingerprint density at radius 2 is 2.00 bits per heavy atom. The Labute approximate surface area is 88.4 Å². The predicted octanol–water partition coefficient (Wildman–Crippen LogP) is 2.61. The lowest BCUT2D eigenvalue weighted by Gasteiger charge is -2.26. The van der Waals surface area contributed by atoms with E-state index in [2.05, 4.69) is 13.5 Å². The number of allylic oxidation sites excluding steroid dienone is 1. The number of hydrogen-bond donors (Lipinski definition) is 0. The molecule has 0 aromatic carbocycles. The average molecular weight is 218 g/mol. The SMILES string of the molecule is C=CC[Si](OC)(OCC)OCCCC. The van der Waals surface area contributed by atoms with Crippen LogP contribution >= 0.6 is 0 Å². The first kappa shape index (κ1) is 13.8. The molecule has 0 aliphatic carbocycles. The zero-order valence-electron chi connectivity index (χ0n) is 9.54. The van der Waals surface area contributed by atoms with E-state index in [1.807, 2.05) is 6.92 Å². The average Bonchev–Trinajstić information content (AvgIpc) is 2.19. The molecule has 0 aliphatic rings. The van der Waals surface area contributed by atoms with Gasteiger partial charge in [0.2, 0.25) is 0 Å². The lowest BCUT2D eigenvalue weighted by molar-refractivity contribution is 0.0837. The van der Waals surface area contributed by atoms with Gasteiger partial charge in [0, 0.05) is 26.4 Å². The normalized spacial score (nSPS) is 15.1. The van der Waals surface area contributed by atoms with Crippen LogP contribution in [0.3, 0.4) is 0 Å². The minimum absolute atomic E-state index is 0.625. The van der Waals surface area contributed by atoms with Crippen molar-refractivity contribution in [2.75, 3.05) is 20.3 Å². The monoisotopic (exact) mass is 218 g/mol. The van der Waals surface area contributed by atoms with Crippen LogP contribution < -0.4 is 0 Å². The smallest absolute Gasteiger partial charge is 0.377 e. The lowest BCUT2D eigenvalue weighted by atomic mass is 10.4. The zero-order valence-corrected chi connectivity index (χ0v) is 10.5. The van der Waals surface area contributed by atoms with E-state index in [1.165, 1.54) is 0 Å². The Morgan fingerprint density at radius 1 is 1.29 bits per heavy atom. The largest absolute Gasteiger partial charge is 0.504 e. The molecule has 0 aliphatic heterocycles. The Bertz CT molecular complexity index is 152. The van der Waals surface area contributed by atoms with Gasteiger partial charge in [-0.2, -0.15) is 0 Å². The van der Waals surface area contributed by atoms with E-state index in [9.17, 15) is 0 Å². The minimum Gasteiger partial charge on any atom is -0.377 e. The Kier molecular flexibility index (Phi) is 8.08. The van der Waals surface area contributed by atoms with Gasteiger partial charge in [0.15, 0.2) is 0 Å². The topological polar surface area (TPSA) is 27.7 Å². The van der Waals surface area contributed by atoms with Gasteiger partial charge in [0.05, 0.1) is 0 Å². The predicted molar refractivity (Wildman–Crippen MR) is 60.3 cm³/mol. The molecule has 0 amide bonds. The van der Waals surface area contributed by atoms with Crippen molar-refractivity contribution in [2.24, 2.45) is 0 Å². The Balaban J connectivity index is 4.09. The summed E-state index contributed by atoms with van der Waals surface area (Å²) in [7, 11) is -0.775. The maximum Gasteiger partial charge on any atom is 0.504 e. The highest BCUT2D eigenvalue weighted by Gasteiger charge is 2.38. The summed E-state index contributed by atoms with van der Waals surface area (Å²) >= 11 is 0. The molecule has 0 aromatic rings. The van der Waals surface area contributed by atoms with Crippen LogP contribution in [0.2, 0.25) is 6.04 Å². The summed E-state index contributed by atoms with van der Waals surface area (Å²) in [6, 6.07) is 0.682. The van der Waals surface area contributed by atoms with E-state index in [0.717, 1.165) is 12.8 Å². The van der Waals surface area contributed by atoms with Gasteiger partial charge in [-0.3, -0.25) is 0 Å². The highest BCUT2D eigenvalue weighted by Crippen LogP contribution is 2.15. The number of unbranched alkanes of at least 4 members (excludes halogenated alkanes) is 1. The minimum atomic E-state index is -2.42. The zero-order chi connectivity index (χ0) is 10.9. The summed E-state index contributed by atoms with van der Waals surface area (Å²) in [6.07, 6.45) is 3.97. The van der Waals surface area contributed by atoms with Gasteiger partial charge in [0.1, 0.15) is 0 Å². The first-order valence-electron chi connectivity index (χ1n) is 5.18. The van der Waals surface area contributed by atoms with Gasteiger partial charge in [-0.1, -0.05) is 19.4 Å². The summed E-state index contributed by atoms with van der Waals surface area (Å²) in [4.78, 5) is 0. The van der Waals surface area contributed by atoms with Gasteiger partial charge in [0.25, 0.3) is 0 Å². The van der Waals surface area contributed by atoms with Crippen LogP contribution in [-0.4, -0.2) is 29.1 Å². The summed E-state index contributed by atoms with van der Waals surface area (Å²) in [5, 5.41) is 0. The van der Waals surface area contributed by atoms with Crippen molar-refractivity contribution in [3.8, 4) is 0 Å². The van der Waals surface area contributed by atoms with Crippen molar-refractivity contribution in [2.45, 2.75) is 32.7 Å². The molecule has 0 fully saturated rings. The fourth-order valence-electron chi connectivity index (χ4n) is 1.13. The molecule has 1 unspecified atom stereocenters. The van der Waals surface area contributed by atoms with E-state index >= 15 is 0 Å². The maximum absolute atomic E-state index is 5.72. The van der Waals surface area contributed by atoms with E-state index < -0.39 is 8.80 Å². The molecule has 0 spiro atoms. The molecule has 0 N–H and O–H groups in total. The van der Waals surface area contributed by atoms with Crippen LogP contribution in [0.25, 0.3) is 0 Å². The van der Waals surface area contributed by atoms with Crippen molar-refractivity contribution in [3.05, 3.63) is 12.7 Å². The third-order valence-electron chi connectivity index (χ3n) is 1.89. The Morgan fingerprint density at radius 3 is 2.43 bits per heavy atom. The molecular formula is C10H22O3Si. The molecular weight excluding hydrogens is 196 g/mol. The van der Waals surface area contributed by atoms with Gasteiger partial charge < -0.3 is 13.3 Å². The molecule has 3 nitrogen and oxygen atoms in total. The lowest BCUT2D eigenvalue weighted by Crippen LogP contribution is -2.44. The molecule has 0 saturated heterocycles. The summed E-state index contributed by atoms with van der Waals surface area (Å²) in [6.45, 7) is 9.12. The molecule has 14 heavy (non-hydrogen) atoms. The molecule has 1 atom stereocenters. The van der Waals surface area contributed by atoms with Crippen molar-refractivity contribution >= 4 is 8.80 Å². The molecule has 0 saturated carbocycles. The van der Waals surface area contributed by atoms with E-state index in [1.54, 1.807) is 13.2 Å². The van der Waals surface area contributed by atoms with Gasteiger partial charge >= 0.3 is 8.80 Å². The third kappa shape index (κ3) is 4.90. The van der Waals surface area contributed by atoms with Gasteiger partial charge in [-0.05, 0) is 13.3 Å². The third-order valence-corrected chi connectivity index (χ3v) is 4.67. The van der Waals surface area contributed by atoms with Crippen molar-refractivity contribution < 1.29 is 13.3 Å². The van der Waals surface area contributed by atoms with Crippen molar-refractivity contribution in [1.82, 2.24) is 0 Å². The number of rotatable bonds is 9. The fraction of sp³-hybridized carbons (Fsp3) is 0.800. The summed E-state index contributed by atoms with van der Waals surface area (Å²) in [5.74, 6) is 0. The number of hydrogen-bond acceptors (Lipinski definition) is 3. The molecule has 0 bridgehead atoms. The van der Waals surface area contributed by atoms with E-state index in [0.29, 0.717) is 19.3 Å². The van der Waals surface area contributed by atoms with Crippen LogP contribution in [0.1, 0.15) is 26.7 Å². The second kappa shape index (κ2) is 8.17. The second-order valence-corrected chi connectivity index (χ2v) is 5.77. The van der Waals surface area contributed by atoms with E-state index in [4.69, 9.17) is 13.3 Å². The highest BCUT2D eigenvalue weighted by atomic mass is 28.4. The Hall–Kier alpha value is -0.163. The molecule has 0 heterocycles. The van der Waals surface area contributed by atoms with E-state index in [-0.39, 0.29) is 0 Å². The van der Waals surface area contributed by atoms with Crippen LogP contribution in [0.4, 0.5) is 0 Å². The highest BCUT2D eigenvalue weighted by molar-refractivity contribution is 6.61. The molecule has 84 valence electrons. The maximum atomic E-state index is 5.72. The first-order valence-corrected chi connectivity index (χ1v) is 7.11. The summed E-state index contributed by atoms with van der Waals surface area (Å²) < 4.78 is 16.7. The molecule has 4 heteroatoms. The second-order valence-electron chi connectivity index (χ2n) is 3.01. The summed E-state index contributed by atoms with van der Waals surface area (Å²) in [5.41, 5.74) is 0. The van der Waals surface area contributed by atoms with Crippen LogP contribution in [0.15, 0.2) is 12.7 Å². The quantitative estimate of drug-likeness (QED) is 0.338. The fourth-order valence-corrected chi connectivity index (χ4v) is 3.10. The van der Waals surface area contributed by atoms with Gasteiger partial charge in [-0.15, -0.1) is 6.58 Å². The van der Waals surface area contributed by atoms with Crippen LogP contribution in [0, 0.1) is 0 Å². The standard InChI is InChI=1S/C10H22O3Si/c1-5-8-9-13-14(11-4,10-6-2)12-7-3/h6H,2,5,7-10H2,1,3-4H3. The van der Waals surface area contributed by atoms with Crippen molar-refractivity contribution in [3.63, 3.8) is 0 Å². The van der Waals surface area contributed by atoms with Crippen molar-refractivity contribution in [1.29, 1.82) is 0 Å². The molecule has 0 aromatic heterocycles. The van der Waals surface area contributed by atoms with Crippen LogP contribution in [-0.2, 0) is 13.3 Å². The van der Waals surface area contributed by atoms with Crippen LogP contribution in [0.5, 0.6) is 0 Å². The molecule has 0 radical (unpaired) electrons. The first-order chi connectivity index (χ1) is 6.74. The molecule has 0 rings (SSSR count).